The second-order valence-electron chi connectivity index (χ2n) is 3.76. The van der Waals surface area contributed by atoms with Crippen molar-refractivity contribution >= 4 is 21.9 Å². The van der Waals surface area contributed by atoms with Crippen LogP contribution < -0.4 is 4.74 Å². The highest BCUT2D eigenvalue weighted by Crippen LogP contribution is 2.26. The molecule has 0 bridgehead atoms. The zero-order valence-electron chi connectivity index (χ0n) is 10.3. The van der Waals surface area contributed by atoms with Crippen LogP contribution in [-0.4, -0.2) is 30.9 Å². The van der Waals surface area contributed by atoms with E-state index in [1.54, 1.807) is 6.07 Å². The van der Waals surface area contributed by atoms with Gasteiger partial charge in [-0.25, -0.2) is 4.79 Å². The van der Waals surface area contributed by atoms with Gasteiger partial charge in [0.25, 0.3) is 0 Å². The van der Waals surface area contributed by atoms with E-state index in [2.05, 4.69) is 22.9 Å². The molecule has 4 nitrogen and oxygen atoms in total. The van der Waals surface area contributed by atoms with E-state index in [0.717, 1.165) is 23.9 Å². The molecule has 0 fully saturated rings. The summed E-state index contributed by atoms with van der Waals surface area (Å²) in [6.45, 7) is 3.75. The van der Waals surface area contributed by atoms with E-state index < -0.39 is 5.97 Å². The summed E-state index contributed by atoms with van der Waals surface area (Å²) in [7, 11) is 0. The molecule has 1 N–H and O–H groups in total. The van der Waals surface area contributed by atoms with Crippen LogP contribution in [-0.2, 0) is 4.74 Å². The third-order valence-corrected chi connectivity index (χ3v) is 2.96. The molecular weight excluding hydrogens is 300 g/mol. The van der Waals surface area contributed by atoms with Crippen molar-refractivity contribution in [1.82, 2.24) is 0 Å². The number of benzene rings is 1. The minimum Gasteiger partial charge on any atom is -0.490 e. The van der Waals surface area contributed by atoms with Crippen molar-refractivity contribution in [2.45, 2.75) is 19.8 Å². The maximum atomic E-state index is 10.8. The number of ether oxygens (including phenoxy) is 2. The van der Waals surface area contributed by atoms with Crippen LogP contribution in [0, 0.1) is 0 Å². The van der Waals surface area contributed by atoms with Gasteiger partial charge >= 0.3 is 5.97 Å². The van der Waals surface area contributed by atoms with Gasteiger partial charge in [0.2, 0.25) is 0 Å². The molecule has 0 aliphatic heterocycles. The maximum Gasteiger partial charge on any atom is 0.335 e. The van der Waals surface area contributed by atoms with Crippen LogP contribution in [0.5, 0.6) is 5.75 Å². The highest BCUT2D eigenvalue weighted by Gasteiger charge is 2.07. The summed E-state index contributed by atoms with van der Waals surface area (Å²) >= 11 is 3.31. The Kier molecular flexibility index (Phi) is 6.75. The van der Waals surface area contributed by atoms with Gasteiger partial charge in [0.15, 0.2) is 0 Å². The molecule has 5 heteroatoms. The molecule has 0 aliphatic carbocycles. The van der Waals surface area contributed by atoms with Crippen LogP contribution in [0.15, 0.2) is 22.7 Å². The first-order valence-electron chi connectivity index (χ1n) is 5.88. The largest absolute Gasteiger partial charge is 0.490 e. The van der Waals surface area contributed by atoms with E-state index in [4.69, 9.17) is 14.6 Å². The van der Waals surface area contributed by atoms with Crippen LogP contribution >= 0.6 is 15.9 Å². The van der Waals surface area contributed by atoms with Gasteiger partial charge in [-0.2, -0.15) is 0 Å². The zero-order chi connectivity index (χ0) is 13.4. The predicted molar refractivity (Wildman–Crippen MR) is 72.3 cm³/mol. The first-order valence-corrected chi connectivity index (χ1v) is 6.68. The summed E-state index contributed by atoms with van der Waals surface area (Å²) in [5.74, 6) is -0.444. The molecule has 0 saturated carbocycles. The molecule has 0 spiro atoms. The lowest BCUT2D eigenvalue weighted by Crippen LogP contribution is -2.08. The summed E-state index contributed by atoms with van der Waals surface area (Å²) in [5.41, 5.74) is 0.208. The molecule has 100 valence electrons. The molecule has 0 saturated heterocycles. The maximum absolute atomic E-state index is 10.8. The lowest BCUT2D eigenvalue weighted by molar-refractivity contribution is 0.0696. The number of hydrogen-bond acceptors (Lipinski definition) is 3. The van der Waals surface area contributed by atoms with Crippen molar-refractivity contribution in [3.05, 3.63) is 28.2 Å². The SMILES string of the molecule is CCCCOCCOc1cc(C(=O)O)ccc1Br. The van der Waals surface area contributed by atoms with E-state index in [-0.39, 0.29) is 5.56 Å². The summed E-state index contributed by atoms with van der Waals surface area (Å²) < 4.78 is 11.6. The molecular formula is C13H17BrO4. The predicted octanol–water partition coefficient (Wildman–Crippen LogP) is 3.34. The van der Waals surface area contributed by atoms with E-state index in [1.807, 2.05) is 0 Å². The molecule has 1 aromatic rings. The lowest BCUT2D eigenvalue weighted by atomic mass is 10.2. The van der Waals surface area contributed by atoms with Crippen molar-refractivity contribution in [2.75, 3.05) is 19.8 Å². The van der Waals surface area contributed by atoms with Gasteiger partial charge in [-0.3, -0.25) is 0 Å². The monoisotopic (exact) mass is 316 g/mol. The third-order valence-electron chi connectivity index (χ3n) is 2.31. The number of carbonyl (C=O) groups is 1. The first kappa shape index (κ1) is 15.0. The fraction of sp³-hybridized carbons (Fsp3) is 0.462. The van der Waals surface area contributed by atoms with Crippen LogP contribution in [0.1, 0.15) is 30.1 Å². The quantitative estimate of drug-likeness (QED) is 0.747. The Morgan fingerprint density at radius 3 is 2.78 bits per heavy atom. The fourth-order valence-electron chi connectivity index (χ4n) is 1.31. The molecule has 0 aromatic heterocycles. The van der Waals surface area contributed by atoms with Gasteiger partial charge in [0, 0.05) is 6.61 Å². The third kappa shape index (κ3) is 5.06. The van der Waals surface area contributed by atoms with Gasteiger partial charge in [-0.15, -0.1) is 0 Å². The molecule has 1 rings (SSSR count). The van der Waals surface area contributed by atoms with Gasteiger partial charge in [0.05, 0.1) is 16.6 Å². The molecule has 0 heterocycles. The van der Waals surface area contributed by atoms with E-state index in [9.17, 15) is 4.79 Å². The summed E-state index contributed by atoms with van der Waals surface area (Å²) in [6.07, 6.45) is 2.14. The number of hydrogen-bond donors (Lipinski definition) is 1. The van der Waals surface area contributed by atoms with Crippen LogP contribution in [0.2, 0.25) is 0 Å². The summed E-state index contributed by atoms with van der Waals surface area (Å²) in [4.78, 5) is 10.8. The molecule has 1 aromatic carbocycles. The standard InChI is InChI=1S/C13H17BrO4/c1-2-3-6-17-7-8-18-12-9-10(13(15)16)4-5-11(12)14/h4-5,9H,2-3,6-8H2,1H3,(H,15,16). The Morgan fingerprint density at radius 1 is 1.33 bits per heavy atom. The Balaban J connectivity index is 2.41. The Bertz CT molecular complexity index is 393. The van der Waals surface area contributed by atoms with Crippen molar-refractivity contribution in [3.63, 3.8) is 0 Å². The zero-order valence-corrected chi connectivity index (χ0v) is 11.9. The second kappa shape index (κ2) is 8.11. The molecule has 0 amide bonds. The average molecular weight is 317 g/mol. The average Bonchev–Trinajstić information content (AvgIpc) is 2.35. The molecule has 0 unspecified atom stereocenters. The van der Waals surface area contributed by atoms with Gasteiger partial charge in [-0.1, -0.05) is 13.3 Å². The van der Waals surface area contributed by atoms with Crippen LogP contribution in [0.25, 0.3) is 0 Å². The Labute approximate surface area is 115 Å². The highest BCUT2D eigenvalue weighted by atomic mass is 79.9. The summed E-state index contributed by atoms with van der Waals surface area (Å²) in [5, 5.41) is 8.87. The number of halogens is 1. The van der Waals surface area contributed by atoms with Crippen molar-refractivity contribution in [1.29, 1.82) is 0 Å². The molecule has 0 radical (unpaired) electrons. The molecule has 0 aliphatic rings. The van der Waals surface area contributed by atoms with Gasteiger partial charge in [0.1, 0.15) is 12.4 Å². The lowest BCUT2D eigenvalue weighted by Gasteiger charge is -2.09. The van der Waals surface area contributed by atoms with Gasteiger partial charge < -0.3 is 14.6 Å². The topological polar surface area (TPSA) is 55.8 Å². The second-order valence-corrected chi connectivity index (χ2v) is 4.62. The number of unbranched alkanes of at least 4 members (excludes halogenated alkanes) is 1. The van der Waals surface area contributed by atoms with Crippen LogP contribution in [0.3, 0.4) is 0 Å². The summed E-state index contributed by atoms with van der Waals surface area (Å²) in [6, 6.07) is 4.69. The minimum absolute atomic E-state index is 0.208. The fourth-order valence-corrected chi connectivity index (χ4v) is 1.67. The van der Waals surface area contributed by atoms with Crippen molar-refractivity contribution in [2.24, 2.45) is 0 Å². The number of rotatable bonds is 8. The first-order chi connectivity index (χ1) is 8.65. The number of carboxylic acid groups (broad SMARTS) is 1. The molecule has 18 heavy (non-hydrogen) atoms. The Hall–Kier alpha value is -1.07. The van der Waals surface area contributed by atoms with Crippen LogP contribution in [0.4, 0.5) is 0 Å². The van der Waals surface area contributed by atoms with E-state index >= 15 is 0 Å². The Morgan fingerprint density at radius 2 is 2.11 bits per heavy atom. The normalized spacial score (nSPS) is 10.3. The van der Waals surface area contributed by atoms with Gasteiger partial charge in [-0.05, 0) is 40.5 Å². The number of aromatic carboxylic acids is 1. The highest BCUT2D eigenvalue weighted by molar-refractivity contribution is 9.10. The van der Waals surface area contributed by atoms with E-state index in [0.29, 0.717) is 19.0 Å². The van der Waals surface area contributed by atoms with Crippen molar-refractivity contribution in [3.8, 4) is 5.75 Å². The smallest absolute Gasteiger partial charge is 0.335 e. The number of carboxylic acids is 1. The van der Waals surface area contributed by atoms with Crippen molar-refractivity contribution < 1.29 is 19.4 Å². The molecule has 0 atom stereocenters. The minimum atomic E-state index is -0.966. The van der Waals surface area contributed by atoms with E-state index in [1.165, 1.54) is 12.1 Å².